The molecule has 0 heterocycles. The van der Waals surface area contributed by atoms with Crippen LogP contribution in [-0.4, -0.2) is 36.1 Å². The lowest BCUT2D eigenvalue weighted by Gasteiger charge is -2.14. The number of carbonyl (C=O) groups is 2. The van der Waals surface area contributed by atoms with Gasteiger partial charge in [0.15, 0.2) is 12.7 Å². The van der Waals surface area contributed by atoms with Gasteiger partial charge in [-0.15, -0.1) is 0 Å². The molecule has 1 amide bonds. The lowest BCUT2D eigenvalue weighted by atomic mass is 10.2. The Morgan fingerprint density at radius 2 is 1.76 bits per heavy atom. The molecule has 0 aliphatic carbocycles. The predicted octanol–water partition coefficient (Wildman–Crippen LogP) is 3.08. The van der Waals surface area contributed by atoms with E-state index < -0.39 is 41.0 Å². The number of benzene rings is 2. The van der Waals surface area contributed by atoms with Crippen molar-refractivity contribution in [2.45, 2.75) is 20.0 Å². The lowest BCUT2D eigenvalue weighted by molar-refractivity contribution is -0.387. The number of halogens is 1. The lowest BCUT2D eigenvalue weighted by Crippen LogP contribution is -2.31. The minimum atomic E-state index is -1.20. The Morgan fingerprint density at radius 1 is 1.14 bits per heavy atom. The summed E-state index contributed by atoms with van der Waals surface area (Å²) in [5.74, 6) is -1.47. The van der Waals surface area contributed by atoms with Crippen molar-refractivity contribution in [3.05, 3.63) is 58.4 Å². The van der Waals surface area contributed by atoms with Crippen LogP contribution in [0.15, 0.2) is 42.5 Å². The molecule has 0 saturated carbocycles. The largest absolute Gasteiger partial charge is 0.494 e. The van der Waals surface area contributed by atoms with Crippen LogP contribution in [0.4, 0.5) is 15.8 Å². The van der Waals surface area contributed by atoms with Gasteiger partial charge in [0.1, 0.15) is 11.5 Å². The zero-order valence-corrected chi connectivity index (χ0v) is 15.7. The standard InChI is InChI=1S/C19H19FN2O7/c1-3-27-14-5-7-15(8-6-14)28-11-18(23)29-12(2)19(24)21-13-4-9-16(20)17(10-13)22(25)26/h4-10,12H,3,11H2,1-2H3,(H,21,24)/t12-/m1/s1. The molecule has 0 unspecified atom stereocenters. The molecule has 0 aromatic heterocycles. The SMILES string of the molecule is CCOc1ccc(OCC(=O)O[C@H](C)C(=O)Nc2ccc(F)c([N+](=O)[O-])c2)cc1. The molecule has 10 heteroatoms. The number of anilines is 1. The molecule has 0 saturated heterocycles. The second-order valence-corrected chi connectivity index (χ2v) is 5.74. The van der Waals surface area contributed by atoms with Crippen LogP contribution in [-0.2, 0) is 14.3 Å². The Kier molecular flexibility index (Phi) is 7.47. The van der Waals surface area contributed by atoms with Gasteiger partial charge in [-0.3, -0.25) is 14.9 Å². The maximum absolute atomic E-state index is 13.3. The van der Waals surface area contributed by atoms with Crippen molar-refractivity contribution in [1.29, 1.82) is 0 Å². The number of nitrogens with zero attached hydrogens (tertiary/aromatic N) is 1. The number of rotatable bonds is 9. The molecule has 1 atom stereocenters. The highest BCUT2D eigenvalue weighted by atomic mass is 19.1. The number of carbonyl (C=O) groups excluding carboxylic acids is 2. The summed E-state index contributed by atoms with van der Waals surface area (Å²) in [6.07, 6.45) is -1.20. The normalized spacial score (nSPS) is 11.3. The summed E-state index contributed by atoms with van der Waals surface area (Å²) in [7, 11) is 0. The number of ether oxygens (including phenoxy) is 3. The molecule has 0 spiro atoms. The Labute approximate surface area is 165 Å². The van der Waals surface area contributed by atoms with E-state index in [1.54, 1.807) is 24.3 Å². The van der Waals surface area contributed by atoms with Crippen LogP contribution in [0.1, 0.15) is 13.8 Å². The molecule has 9 nitrogen and oxygen atoms in total. The first-order chi connectivity index (χ1) is 13.8. The summed E-state index contributed by atoms with van der Waals surface area (Å²) in [6, 6.07) is 9.49. The van der Waals surface area contributed by atoms with Gasteiger partial charge in [-0.1, -0.05) is 0 Å². The minimum absolute atomic E-state index is 0.00311. The fraction of sp³-hybridized carbons (Fsp3) is 0.263. The molecule has 2 aromatic carbocycles. The third-order valence-electron chi connectivity index (χ3n) is 3.58. The number of nitro groups is 1. The molecule has 0 aliphatic rings. The van der Waals surface area contributed by atoms with Gasteiger partial charge >= 0.3 is 11.7 Å². The van der Waals surface area contributed by atoms with Crippen molar-refractivity contribution in [3.63, 3.8) is 0 Å². The fourth-order valence-corrected chi connectivity index (χ4v) is 2.20. The highest BCUT2D eigenvalue weighted by Gasteiger charge is 2.20. The maximum Gasteiger partial charge on any atom is 0.344 e. The van der Waals surface area contributed by atoms with Gasteiger partial charge in [0.25, 0.3) is 5.91 Å². The number of hydrogen-bond donors (Lipinski definition) is 1. The third kappa shape index (κ3) is 6.45. The van der Waals surface area contributed by atoms with Gasteiger partial charge in [-0.25, -0.2) is 4.79 Å². The van der Waals surface area contributed by atoms with Crippen molar-refractivity contribution >= 4 is 23.3 Å². The van der Waals surface area contributed by atoms with E-state index in [1.165, 1.54) is 6.92 Å². The van der Waals surface area contributed by atoms with E-state index >= 15 is 0 Å². The second kappa shape index (κ2) is 10.0. The zero-order valence-electron chi connectivity index (χ0n) is 15.7. The number of amides is 1. The van der Waals surface area contributed by atoms with Crippen molar-refractivity contribution in [3.8, 4) is 11.5 Å². The summed E-state index contributed by atoms with van der Waals surface area (Å²) < 4.78 is 28.9. The second-order valence-electron chi connectivity index (χ2n) is 5.74. The van der Waals surface area contributed by atoms with Crippen molar-refractivity contribution in [2.24, 2.45) is 0 Å². The molecular weight excluding hydrogens is 387 g/mol. The van der Waals surface area contributed by atoms with Crippen LogP contribution in [0.3, 0.4) is 0 Å². The van der Waals surface area contributed by atoms with E-state index in [1.807, 2.05) is 6.92 Å². The van der Waals surface area contributed by atoms with Gasteiger partial charge in [0.2, 0.25) is 5.82 Å². The molecule has 0 aliphatic heterocycles. The summed E-state index contributed by atoms with van der Waals surface area (Å²) >= 11 is 0. The molecular formula is C19H19FN2O7. The van der Waals surface area contributed by atoms with Gasteiger partial charge in [-0.05, 0) is 50.2 Å². The smallest absolute Gasteiger partial charge is 0.344 e. The molecule has 0 radical (unpaired) electrons. The van der Waals surface area contributed by atoms with E-state index in [2.05, 4.69) is 5.32 Å². The highest BCUT2D eigenvalue weighted by molar-refractivity contribution is 5.95. The van der Waals surface area contributed by atoms with Gasteiger partial charge in [0.05, 0.1) is 11.5 Å². The molecule has 29 heavy (non-hydrogen) atoms. The van der Waals surface area contributed by atoms with Crippen LogP contribution in [0.25, 0.3) is 0 Å². The van der Waals surface area contributed by atoms with Gasteiger partial charge in [0, 0.05) is 11.8 Å². The molecule has 154 valence electrons. The molecule has 0 bridgehead atoms. The van der Waals surface area contributed by atoms with Crippen LogP contribution in [0.2, 0.25) is 0 Å². The first kappa shape index (κ1) is 21.6. The number of nitro benzene ring substituents is 1. The monoisotopic (exact) mass is 406 g/mol. The Bertz CT molecular complexity index is 887. The van der Waals surface area contributed by atoms with Crippen LogP contribution in [0, 0.1) is 15.9 Å². The number of hydrogen-bond acceptors (Lipinski definition) is 7. The average molecular weight is 406 g/mol. The number of esters is 1. The molecule has 0 fully saturated rings. The van der Waals surface area contributed by atoms with Crippen LogP contribution in [0.5, 0.6) is 11.5 Å². The van der Waals surface area contributed by atoms with E-state index in [4.69, 9.17) is 14.2 Å². The fourth-order valence-electron chi connectivity index (χ4n) is 2.20. The Balaban J connectivity index is 1.84. The number of nitrogens with one attached hydrogen (secondary N) is 1. The Hall–Kier alpha value is -3.69. The molecule has 2 rings (SSSR count). The van der Waals surface area contributed by atoms with E-state index in [9.17, 15) is 24.1 Å². The summed E-state index contributed by atoms with van der Waals surface area (Å²) in [6.45, 7) is 3.28. The third-order valence-corrected chi connectivity index (χ3v) is 3.58. The van der Waals surface area contributed by atoms with Crippen LogP contribution < -0.4 is 14.8 Å². The van der Waals surface area contributed by atoms with Gasteiger partial charge < -0.3 is 19.5 Å². The highest BCUT2D eigenvalue weighted by Crippen LogP contribution is 2.22. The summed E-state index contributed by atoms with van der Waals surface area (Å²) in [4.78, 5) is 33.8. The van der Waals surface area contributed by atoms with Gasteiger partial charge in [-0.2, -0.15) is 4.39 Å². The zero-order chi connectivity index (χ0) is 21.4. The van der Waals surface area contributed by atoms with E-state index in [0.717, 1.165) is 18.2 Å². The van der Waals surface area contributed by atoms with Crippen molar-refractivity contribution in [2.75, 3.05) is 18.5 Å². The Morgan fingerprint density at radius 3 is 2.34 bits per heavy atom. The molecule has 1 N–H and O–H groups in total. The van der Waals surface area contributed by atoms with Crippen molar-refractivity contribution < 1.29 is 33.1 Å². The maximum atomic E-state index is 13.3. The summed E-state index contributed by atoms with van der Waals surface area (Å²) in [5, 5.41) is 13.1. The predicted molar refractivity (Wildman–Crippen MR) is 100 cm³/mol. The van der Waals surface area contributed by atoms with E-state index in [0.29, 0.717) is 18.1 Å². The average Bonchev–Trinajstić information content (AvgIpc) is 2.68. The van der Waals surface area contributed by atoms with Crippen LogP contribution >= 0.6 is 0 Å². The minimum Gasteiger partial charge on any atom is -0.494 e. The quantitative estimate of drug-likeness (QED) is 0.386. The van der Waals surface area contributed by atoms with Crippen molar-refractivity contribution in [1.82, 2.24) is 0 Å². The van der Waals surface area contributed by atoms with E-state index in [-0.39, 0.29) is 5.69 Å². The summed E-state index contributed by atoms with van der Waals surface area (Å²) in [5.41, 5.74) is -0.784. The first-order valence-electron chi connectivity index (χ1n) is 8.60. The molecule has 2 aromatic rings. The topological polar surface area (TPSA) is 117 Å². The first-order valence-corrected chi connectivity index (χ1v) is 8.60.